The van der Waals surface area contributed by atoms with E-state index in [1.165, 1.54) is 13.0 Å². The lowest BCUT2D eigenvalue weighted by atomic mass is 9.94. The molecule has 1 aliphatic rings. The number of nitrogens with zero attached hydrogens (tertiary/aromatic N) is 2. The van der Waals surface area contributed by atoms with Gasteiger partial charge < -0.3 is 9.57 Å². The molecule has 0 amide bonds. The van der Waals surface area contributed by atoms with E-state index in [1.807, 2.05) is 0 Å². The molecular weight excluding hydrogens is 416 g/mol. The van der Waals surface area contributed by atoms with Crippen LogP contribution >= 0.6 is 11.6 Å². The van der Waals surface area contributed by atoms with Gasteiger partial charge in [-0.3, -0.25) is 4.98 Å². The highest BCUT2D eigenvalue weighted by atomic mass is 35.5. The summed E-state index contributed by atoms with van der Waals surface area (Å²) in [6.45, 7) is 3.27. The van der Waals surface area contributed by atoms with Crippen LogP contribution in [0.3, 0.4) is 0 Å². The zero-order chi connectivity index (χ0) is 21.4. The molecular formula is C19H15ClF4N2O3. The molecule has 0 saturated heterocycles. The van der Waals surface area contributed by atoms with E-state index in [2.05, 4.69) is 10.1 Å². The molecule has 29 heavy (non-hydrogen) atoms. The molecule has 0 spiro atoms. The number of hydrogen-bond acceptors (Lipinski definition) is 5. The Balaban J connectivity index is 1.99. The van der Waals surface area contributed by atoms with Crippen molar-refractivity contribution in [3.8, 4) is 11.3 Å². The van der Waals surface area contributed by atoms with Crippen molar-refractivity contribution in [1.29, 1.82) is 0 Å². The number of pyridine rings is 1. The van der Waals surface area contributed by atoms with Crippen molar-refractivity contribution in [3.63, 3.8) is 0 Å². The van der Waals surface area contributed by atoms with Gasteiger partial charge >= 0.3 is 12.1 Å². The van der Waals surface area contributed by atoms with E-state index in [0.29, 0.717) is 0 Å². The van der Waals surface area contributed by atoms with Crippen LogP contribution in [0.25, 0.3) is 11.3 Å². The number of carbonyl (C=O) groups is 1. The van der Waals surface area contributed by atoms with Crippen LogP contribution in [0.5, 0.6) is 0 Å². The molecule has 154 valence electrons. The Labute approximate surface area is 168 Å². The second-order valence-corrected chi connectivity index (χ2v) is 6.90. The van der Waals surface area contributed by atoms with Crippen molar-refractivity contribution in [1.82, 2.24) is 4.98 Å². The van der Waals surface area contributed by atoms with Gasteiger partial charge in [-0.15, -0.1) is 0 Å². The van der Waals surface area contributed by atoms with E-state index in [-0.39, 0.29) is 40.6 Å². The summed E-state index contributed by atoms with van der Waals surface area (Å²) in [7, 11) is 0. The molecule has 2 heterocycles. The Morgan fingerprint density at radius 1 is 1.31 bits per heavy atom. The smallest absolute Gasteiger partial charge is 0.416 e. The van der Waals surface area contributed by atoms with Gasteiger partial charge in [0.25, 0.3) is 0 Å². The summed E-state index contributed by atoms with van der Waals surface area (Å²) in [5.74, 6) is -1.48. The molecule has 1 aromatic heterocycles. The summed E-state index contributed by atoms with van der Waals surface area (Å²) in [5, 5.41) is 3.82. The van der Waals surface area contributed by atoms with Crippen LogP contribution in [-0.4, -0.2) is 28.9 Å². The summed E-state index contributed by atoms with van der Waals surface area (Å²) in [5.41, 5.74) is -2.30. The van der Waals surface area contributed by atoms with Gasteiger partial charge in [-0.05, 0) is 38.1 Å². The van der Waals surface area contributed by atoms with E-state index in [1.54, 1.807) is 6.92 Å². The number of carbonyl (C=O) groups excluding carboxylic acids is 1. The van der Waals surface area contributed by atoms with Gasteiger partial charge in [-0.1, -0.05) is 16.8 Å². The number of hydrogen-bond donors (Lipinski definition) is 0. The lowest BCUT2D eigenvalue weighted by molar-refractivity contribution is -0.166. The lowest BCUT2D eigenvalue weighted by Gasteiger charge is -2.18. The van der Waals surface area contributed by atoms with Gasteiger partial charge in [0.15, 0.2) is 0 Å². The summed E-state index contributed by atoms with van der Waals surface area (Å²) in [4.78, 5) is 21.1. The largest absolute Gasteiger partial charge is 0.463 e. The molecule has 0 N–H and O–H groups in total. The SMILES string of the molecule is CCOC(=O)C1(C)CC(c2cc(-c3cc(C(F)(F)F)ccn3)c(F)cc2Cl)=NO1. The number of rotatable bonds is 4. The van der Waals surface area contributed by atoms with Gasteiger partial charge in [-0.25, -0.2) is 9.18 Å². The molecule has 1 unspecified atom stereocenters. The molecule has 1 aromatic carbocycles. The van der Waals surface area contributed by atoms with E-state index >= 15 is 0 Å². The van der Waals surface area contributed by atoms with Crippen molar-refractivity contribution in [2.24, 2.45) is 5.16 Å². The third-order valence-electron chi connectivity index (χ3n) is 4.30. The molecule has 0 bridgehead atoms. The van der Waals surface area contributed by atoms with Crippen molar-refractivity contribution < 1.29 is 31.9 Å². The third-order valence-corrected chi connectivity index (χ3v) is 4.61. The minimum absolute atomic E-state index is 0.00730. The Kier molecular flexibility index (Phi) is 5.53. The molecule has 1 atom stereocenters. The molecule has 1 aliphatic heterocycles. The number of oxime groups is 1. The van der Waals surface area contributed by atoms with Crippen molar-refractivity contribution in [2.75, 3.05) is 6.61 Å². The van der Waals surface area contributed by atoms with Crippen LogP contribution in [-0.2, 0) is 20.5 Å². The Hall–Kier alpha value is -2.68. The minimum atomic E-state index is -4.60. The van der Waals surface area contributed by atoms with Gasteiger partial charge in [0, 0.05) is 23.7 Å². The number of esters is 1. The van der Waals surface area contributed by atoms with E-state index in [4.69, 9.17) is 21.2 Å². The Morgan fingerprint density at radius 3 is 2.69 bits per heavy atom. The van der Waals surface area contributed by atoms with Gasteiger partial charge in [-0.2, -0.15) is 13.2 Å². The first-order valence-electron chi connectivity index (χ1n) is 8.50. The van der Waals surface area contributed by atoms with Gasteiger partial charge in [0.05, 0.1) is 28.6 Å². The normalized spacial score (nSPS) is 18.9. The number of alkyl halides is 3. The highest BCUT2D eigenvalue weighted by molar-refractivity contribution is 6.34. The first-order valence-corrected chi connectivity index (χ1v) is 8.88. The van der Waals surface area contributed by atoms with Crippen molar-refractivity contribution in [2.45, 2.75) is 32.0 Å². The van der Waals surface area contributed by atoms with Crippen LogP contribution < -0.4 is 0 Å². The first kappa shape index (κ1) is 21.0. The van der Waals surface area contributed by atoms with E-state index < -0.39 is 29.1 Å². The average molecular weight is 431 g/mol. The second-order valence-electron chi connectivity index (χ2n) is 6.50. The Bertz CT molecular complexity index is 994. The first-order chi connectivity index (χ1) is 13.5. The quantitative estimate of drug-likeness (QED) is 0.505. The molecule has 0 radical (unpaired) electrons. The highest BCUT2D eigenvalue weighted by Crippen LogP contribution is 2.35. The predicted molar refractivity (Wildman–Crippen MR) is 96.9 cm³/mol. The van der Waals surface area contributed by atoms with Gasteiger partial charge in [0.1, 0.15) is 5.82 Å². The molecule has 0 fully saturated rings. The van der Waals surface area contributed by atoms with Crippen LogP contribution in [0.1, 0.15) is 31.4 Å². The molecule has 10 heteroatoms. The minimum Gasteiger partial charge on any atom is -0.463 e. The fraction of sp³-hybridized carbons (Fsp3) is 0.316. The zero-order valence-corrected chi connectivity index (χ0v) is 16.1. The van der Waals surface area contributed by atoms with E-state index in [0.717, 1.165) is 24.4 Å². The molecule has 3 rings (SSSR count). The number of halogens is 5. The summed E-state index contributed by atoms with van der Waals surface area (Å²) < 4.78 is 58.3. The Morgan fingerprint density at radius 2 is 2.03 bits per heavy atom. The predicted octanol–water partition coefficient (Wildman–Crippen LogP) is 5.01. The maximum absolute atomic E-state index is 14.5. The van der Waals surface area contributed by atoms with Crippen molar-refractivity contribution in [3.05, 3.63) is 52.4 Å². The van der Waals surface area contributed by atoms with Crippen LogP contribution in [0.4, 0.5) is 17.6 Å². The number of ether oxygens (including phenoxy) is 1. The summed E-state index contributed by atoms with van der Waals surface area (Å²) in [6, 6.07) is 3.72. The molecule has 0 saturated carbocycles. The van der Waals surface area contributed by atoms with E-state index in [9.17, 15) is 22.4 Å². The summed E-state index contributed by atoms with van der Waals surface area (Å²) >= 11 is 6.11. The summed E-state index contributed by atoms with van der Waals surface area (Å²) in [6.07, 6.45) is -3.67. The molecule has 0 aliphatic carbocycles. The van der Waals surface area contributed by atoms with Crippen LogP contribution in [0.2, 0.25) is 5.02 Å². The maximum atomic E-state index is 14.5. The van der Waals surface area contributed by atoms with Crippen LogP contribution in [0, 0.1) is 5.82 Å². The van der Waals surface area contributed by atoms with Crippen molar-refractivity contribution >= 4 is 23.3 Å². The second kappa shape index (κ2) is 7.62. The maximum Gasteiger partial charge on any atom is 0.416 e. The zero-order valence-electron chi connectivity index (χ0n) is 15.3. The fourth-order valence-electron chi connectivity index (χ4n) is 2.80. The molecule has 5 nitrogen and oxygen atoms in total. The third kappa shape index (κ3) is 4.19. The number of aromatic nitrogens is 1. The standard InChI is InChI=1S/C19H15ClF4N2O3/c1-3-28-17(27)18(2)9-16(26-29-18)11-7-12(14(21)8-13(11)20)15-6-10(4-5-25-15)19(22,23)24/h4-8H,3,9H2,1-2H3. The lowest BCUT2D eigenvalue weighted by Crippen LogP contribution is -2.37. The molecule has 2 aromatic rings. The fourth-order valence-corrected chi connectivity index (χ4v) is 3.06. The highest BCUT2D eigenvalue weighted by Gasteiger charge is 2.44. The average Bonchev–Trinajstić information content (AvgIpc) is 3.05. The topological polar surface area (TPSA) is 60.8 Å². The number of benzene rings is 1. The van der Waals surface area contributed by atoms with Gasteiger partial charge in [0.2, 0.25) is 5.60 Å². The monoisotopic (exact) mass is 430 g/mol. The van der Waals surface area contributed by atoms with Crippen LogP contribution in [0.15, 0.2) is 35.6 Å².